The van der Waals surface area contributed by atoms with Crippen molar-refractivity contribution in [2.45, 2.75) is 17.9 Å². The van der Waals surface area contributed by atoms with Crippen LogP contribution in [0.3, 0.4) is 0 Å². The van der Waals surface area contributed by atoms with Crippen LogP contribution in [0.25, 0.3) is 0 Å². The number of ether oxygens (including phenoxy) is 1. The second-order valence-electron chi connectivity index (χ2n) is 6.65. The quantitative estimate of drug-likeness (QED) is 0.798. The van der Waals surface area contributed by atoms with E-state index in [9.17, 15) is 13.2 Å². The Kier molecular flexibility index (Phi) is 6.33. The summed E-state index contributed by atoms with van der Waals surface area (Å²) < 4.78 is 32.2. The van der Waals surface area contributed by atoms with Crippen molar-refractivity contribution >= 4 is 21.6 Å². The van der Waals surface area contributed by atoms with E-state index in [4.69, 9.17) is 4.74 Å². The number of benzene rings is 2. The number of methoxy groups -OCH3 is 1. The number of rotatable bonds is 6. The lowest BCUT2D eigenvalue weighted by Gasteiger charge is -2.36. The maximum absolute atomic E-state index is 12.8. The van der Waals surface area contributed by atoms with Gasteiger partial charge in [-0.05, 0) is 43.3 Å². The third-order valence-electron chi connectivity index (χ3n) is 4.94. The smallest absolute Gasteiger partial charge is 0.243 e. The van der Waals surface area contributed by atoms with Crippen LogP contribution in [0.15, 0.2) is 59.5 Å². The fourth-order valence-corrected chi connectivity index (χ4v) is 4.58. The number of anilines is 1. The van der Waals surface area contributed by atoms with Gasteiger partial charge in [0.15, 0.2) is 0 Å². The third kappa shape index (κ3) is 4.52. The van der Waals surface area contributed by atoms with Crippen molar-refractivity contribution in [3.05, 3.63) is 54.6 Å². The summed E-state index contributed by atoms with van der Waals surface area (Å²) >= 11 is 0. The third-order valence-corrected chi connectivity index (χ3v) is 6.85. The highest BCUT2D eigenvalue weighted by Crippen LogP contribution is 2.21. The fraction of sp³-hybridized carbons (Fsp3) is 0.350. The monoisotopic (exact) mass is 403 g/mol. The molecule has 1 atom stereocenters. The van der Waals surface area contributed by atoms with Gasteiger partial charge in [-0.1, -0.05) is 18.2 Å². The lowest BCUT2D eigenvalue weighted by Crippen LogP contribution is -2.53. The Morgan fingerprint density at radius 1 is 1.00 bits per heavy atom. The number of piperazine rings is 1. The molecule has 1 aliphatic heterocycles. The molecule has 28 heavy (non-hydrogen) atoms. The van der Waals surface area contributed by atoms with Crippen LogP contribution in [0.4, 0.5) is 5.69 Å². The molecule has 1 aliphatic rings. The molecule has 1 fully saturated rings. The Labute approximate surface area is 166 Å². The predicted octanol–water partition coefficient (Wildman–Crippen LogP) is 2.03. The van der Waals surface area contributed by atoms with Crippen LogP contribution in [0, 0.1) is 0 Å². The number of hydrogen-bond donors (Lipinski definition) is 1. The molecule has 3 rings (SSSR count). The van der Waals surface area contributed by atoms with Crippen LogP contribution < -0.4 is 10.1 Å². The van der Waals surface area contributed by atoms with Gasteiger partial charge in [-0.25, -0.2) is 8.42 Å². The van der Waals surface area contributed by atoms with Crippen molar-refractivity contribution in [3.63, 3.8) is 0 Å². The Morgan fingerprint density at radius 2 is 1.61 bits per heavy atom. The maximum Gasteiger partial charge on any atom is 0.243 e. The van der Waals surface area contributed by atoms with Crippen LogP contribution in [-0.2, 0) is 14.8 Å². The van der Waals surface area contributed by atoms with Gasteiger partial charge in [-0.2, -0.15) is 4.31 Å². The molecule has 1 amide bonds. The molecule has 7 nitrogen and oxygen atoms in total. The second kappa shape index (κ2) is 8.72. The van der Waals surface area contributed by atoms with E-state index in [2.05, 4.69) is 5.32 Å². The molecular weight excluding hydrogens is 378 g/mol. The molecule has 1 saturated heterocycles. The average Bonchev–Trinajstić information content (AvgIpc) is 2.74. The van der Waals surface area contributed by atoms with Gasteiger partial charge < -0.3 is 10.1 Å². The van der Waals surface area contributed by atoms with E-state index >= 15 is 0 Å². The lowest BCUT2D eigenvalue weighted by molar-refractivity contribution is -0.121. The Hall–Kier alpha value is -2.42. The number of sulfonamides is 1. The SMILES string of the molecule is COc1ccc(S(=O)(=O)N2CCN([C@@H](C)C(=O)Nc3ccccc3)CC2)cc1. The largest absolute Gasteiger partial charge is 0.497 e. The molecular formula is C20H25N3O4S. The van der Waals surface area contributed by atoms with Gasteiger partial charge in [0.1, 0.15) is 5.75 Å². The summed E-state index contributed by atoms with van der Waals surface area (Å²) in [6.45, 7) is 3.53. The van der Waals surface area contributed by atoms with E-state index in [1.165, 1.54) is 11.4 Å². The Balaban J connectivity index is 1.59. The predicted molar refractivity (Wildman–Crippen MR) is 108 cm³/mol. The molecule has 8 heteroatoms. The van der Waals surface area contributed by atoms with Crippen molar-refractivity contribution in [2.24, 2.45) is 0 Å². The summed E-state index contributed by atoms with van der Waals surface area (Å²) in [7, 11) is -2.01. The topological polar surface area (TPSA) is 79.0 Å². The summed E-state index contributed by atoms with van der Waals surface area (Å²) in [6.07, 6.45) is 0. The molecule has 0 aromatic heterocycles. The van der Waals surface area contributed by atoms with Gasteiger partial charge in [0, 0.05) is 31.9 Å². The Morgan fingerprint density at radius 3 is 2.18 bits per heavy atom. The first-order chi connectivity index (χ1) is 13.4. The molecule has 2 aromatic rings. The summed E-state index contributed by atoms with van der Waals surface area (Å²) in [5.74, 6) is 0.514. The van der Waals surface area contributed by atoms with E-state index in [1.54, 1.807) is 24.3 Å². The van der Waals surface area contributed by atoms with Crippen molar-refractivity contribution in [3.8, 4) is 5.75 Å². The average molecular weight is 404 g/mol. The van der Waals surface area contributed by atoms with Gasteiger partial charge in [0.05, 0.1) is 18.0 Å². The van der Waals surface area contributed by atoms with Gasteiger partial charge >= 0.3 is 0 Å². The van der Waals surface area contributed by atoms with Gasteiger partial charge in [-0.15, -0.1) is 0 Å². The van der Waals surface area contributed by atoms with Crippen LogP contribution in [-0.4, -0.2) is 62.9 Å². The molecule has 0 saturated carbocycles. The number of nitrogens with zero attached hydrogens (tertiary/aromatic N) is 2. The minimum absolute atomic E-state index is 0.0994. The first kappa shape index (κ1) is 20.3. The first-order valence-corrected chi connectivity index (χ1v) is 10.6. The molecule has 150 valence electrons. The highest BCUT2D eigenvalue weighted by Gasteiger charge is 2.31. The first-order valence-electron chi connectivity index (χ1n) is 9.16. The summed E-state index contributed by atoms with van der Waals surface area (Å²) in [6, 6.07) is 15.3. The molecule has 0 spiro atoms. The zero-order chi connectivity index (χ0) is 20.1. The van der Waals surface area contributed by atoms with Crippen LogP contribution >= 0.6 is 0 Å². The molecule has 0 bridgehead atoms. The zero-order valence-electron chi connectivity index (χ0n) is 16.0. The molecule has 0 aliphatic carbocycles. The normalized spacial score (nSPS) is 17.1. The maximum atomic E-state index is 12.8. The lowest BCUT2D eigenvalue weighted by atomic mass is 10.2. The highest BCUT2D eigenvalue weighted by molar-refractivity contribution is 7.89. The van der Waals surface area contributed by atoms with E-state index < -0.39 is 10.0 Å². The van der Waals surface area contributed by atoms with Crippen molar-refractivity contribution in [1.29, 1.82) is 0 Å². The number of carbonyl (C=O) groups is 1. The summed E-state index contributed by atoms with van der Waals surface area (Å²) in [5.41, 5.74) is 0.750. The van der Waals surface area contributed by atoms with Crippen molar-refractivity contribution < 1.29 is 17.9 Å². The number of nitrogens with one attached hydrogen (secondary N) is 1. The molecule has 0 unspecified atom stereocenters. The second-order valence-corrected chi connectivity index (χ2v) is 8.58. The van der Waals surface area contributed by atoms with Gasteiger partial charge in [0.2, 0.25) is 15.9 Å². The number of carbonyl (C=O) groups excluding carboxylic acids is 1. The van der Waals surface area contributed by atoms with Gasteiger partial charge in [0.25, 0.3) is 0 Å². The van der Waals surface area contributed by atoms with Gasteiger partial charge in [-0.3, -0.25) is 9.69 Å². The van der Waals surface area contributed by atoms with E-state index in [-0.39, 0.29) is 16.8 Å². The minimum atomic E-state index is -3.55. The van der Waals surface area contributed by atoms with E-state index in [1.807, 2.05) is 42.2 Å². The molecule has 1 N–H and O–H groups in total. The number of hydrogen-bond acceptors (Lipinski definition) is 5. The van der Waals surface area contributed by atoms with Crippen LogP contribution in [0.5, 0.6) is 5.75 Å². The summed E-state index contributed by atoms with van der Waals surface area (Å²) in [4.78, 5) is 14.7. The standard InChI is InChI=1S/C20H25N3O4S/c1-16(20(24)21-17-6-4-3-5-7-17)22-12-14-23(15-13-22)28(25,26)19-10-8-18(27-2)9-11-19/h3-11,16H,12-15H2,1-2H3,(H,21,24)/t16-/m0/s1. The van der Waals surface area contributed by atoms with Crippen LogP contribution in [0.1, 0.15) is 6.92 Å². The van der Waals surface area contributed by atoms with Crippen LogP contribution in [0.2, 0.25) is 0 Å². The van der Waals surface area contributed by atoms with Crippen molar-refractivity contribution in [2.75, 3.05) is 38.6 Å². The number of amides is 1. The Bertz CT molecular complexity index is 893. The zero-order valence-corrected chi connectivity index (χ0v) is 16.9. The summed E-state index contributed by atoms with van der Waals surface area (Å²) in [5, 5.41) is 2.89. The molecule has 0 radical (unpaired) electrons. The van der Waals surface area contributed by atoms with E-state index in [0.29, 0.717) is 31.9 Å². The number of para-hydroxylation sites is 1. The molecule has 1 heterocycles. The fourth-order valence-electron chi connectivity index (χ4n) is 3.16. The van der Waals surface area contributed by atoms with Crippen molar-refractivity contribution in [1.82, 2.24) is 9.21 Å². The van der Waals surface area contributed by atoms with E-state index in [0.717, 1.165) is 5.69 Å². The molecule has 2 aromatic carbocycles. The minimum Gasteiger partial charge on any atom is -0.497 e. The highest BCUT2D eigenvalue weighted by atomic mass is 32.2.